The Morgan fingerprint density at radius 2 is 2.26 bits per heavy atom. The fraction of sp³-hybridized carbons (Fsp3) is 0.615. The highest BCUT2D eigenvalue weighted by Crippen LogP contribution is 2.29. The topological polar surface area (TPSA) is 70.5 Å². The summed E-state index contributed by atoms with van der Waals surface area (Å²) in [6.45, 7) is 3.59. The first kappa shape index (κ1) is 14.0. The van der Waals surface area contributed by atoms with E-state index < -0.39 is 12.0 Å². The van der Waals surface area contributed by atoms with E-state index in [2.05, 4.69) is 4.98 Å². The molecule has 1 unspecified atom stereocenters. The standard InChI is InChI=1S/C13H18N2O3S/c1-3-11-14-9(7-19-11)6-12(16)15(10-4-5-10)8(2)13(17)18/h7-8,10H,3-6H2,1-2H3,(H,17,18). The molecule has 0 spiro atoms. The lowest BCUT2D eigenvalue weighted by Crippen LogP contribution is -2.45. The summed E-state index contributed by atoms with van der Waals surface area (Å²) in [6, 6.07) is -0.660. The first-order chi connectivity index (χ1) is 9.02. The highest BCUT2D eigenvalue weighted by molar-refractivity contribution is 7.09. The van der Waals surface area contributed by atoms with Crippen LogP contribution < -0.4 is 0 Å². The second kappa shape index (κ2) is 5.69. The van der Waals surface area contributed by atoms with Crippen LogP contribution in [0.4, 0.5) is 0 Å². The number of hydrogen-bond donors (Lipinski definition) is 1. The van der Waals surface area contributed by atoms with Crippen LogP contribution in [0, 0.1) is 0 Å². The second-order valence-corrected chi connectivity index (χ2v) is 5.75. The van der Waals surface area contributed by atoms with Gasteiger partial charge in [0.2, 0.25) is 5.91 Å². The second-order valence-electron chi connectivity index (χ2n) is 4.81. The van der Waals surface area contributed by atoms with Gasteiger partial charge in [-0.3, -0.25) is 4.79 Å². The molecule has 0 aliphatic heterocycles. The maximum atomic E-state index is 12.3. The largest absolute Gasteiger partial charge is 0.480 e. The molecule has 0 saturated heterocycles. The van der Waals surface area contributed by atoms with E-state index in [1.54, 1.807) is 18.3 Å². The highest BCUT2D eigenvalue weighted by Gasteiger charge is 2.38. The van der Waals surface area contributed by atoms with Crippen LogP contribution in [0.3, 0.4) is 0 Å². The van der Waals surface area contributed by atoms with E-state index in [0.29, 0.717) is 0 Å². The minimum absolute atomic E-state index is 0.0999. The van der Waals surface area contributed by atoms with E-state index in [1.807, 2.05) is 12.3 Å². The average molecular weight is 282 g/mol. The molecular weight excluding hydrogens is 264 g/mol. The number of carbonyl (C=O) groups excluding carboxylic acids is 1. The summed E-state index contributed by atoms with van der Waals surface area (Å²) in [4.78, 5) is 29.2. The zero-order valence-corrected chi connectivity index (χ0v) is 11.9. The minimum atomic E-state index is -0.951. The van der Waals surface area contributed by atoms with Gasteiger partial charge >= 0.3 is 5.97 Å². The van der Waals surface area contributed by atoms with Crippen molar-refractivity contribution in [3.05, 3.63) is 16.1 Å². The van der Waals surface area contributed by atoms with Gasteiger partial charge < -0.3 is 10.0 Å². The molecule has 1 amide bonds. The van der Waals surface area contributed by atoms with Crippen molar-refractivity contribution in [3.8, 4) is 0 Å². The lowest BCUT2D eigenvalue weighted by atomic mass is 10.2. The molecule has 1 aliphatic rings. The summed E-state index contributed by atoms with van der Waals surface area (Å²) >= 11 is 1.54. The van der Waals surface area contributed by atoms with Crippen LogP contribution in [0.1, 0.15) is 37.4 Å². The molecule has 19 heavy (non-hydrogen) atoms. The molecule has 0 radical (unpaired) electrons. The molecule has 1 aromatic heterocycles. The molecule has 0 bridgehead atoms. The van der Waals surface area contributed by atoms with E-state index in [4.69, 9.17) is 5.11 Å². The lowest BCUT2D eigenvalue weighted by molar-refractivity contribution is -0.149. The molecule has 1 atom stereocenters. The Morgan fingerprint density at radius 3 is 2.74 bits per heavy atom. The summed E-state index contributed by atoms with van der Waals surface area (Å²) in [5.74, 6) is -1.09. The molecule has 104 valence electrons. The van der Waals surface area contributed by atoms with Crippen molar-refractivity contribution >= 4 is 23.2 Å². The van der Waals surface area contributed by atoms with Gasteiger partial charge in [0, 0.05) is 11.4 Å². The fourth-order valence-electron chi connectivity index (χ4n) is 2.05. The summed E-state index contributed by atoms with van der Waals surface area (Å²) in [7, 11) is 0. The average Bonchev–Trinajstić information content (AvgIpc) is 3.08. The van der Waals surface area contributed by atoms with E-state index in [1.165, 1.54) is 4.90 Å². The van der Waals surface area contributed by atoms with Gasteiger partial charge in [-0.25, -0.2) is 9.78 Å². The molecule has 1 fully saturated rings. The van der Waals surface area contributed by atoms with Gasteiger partial charge in [0.05, 0.1) is 17.1 Å². The van der Waals surface area contributed by atoms with Crippen molar-refractivity contribution < 1.29 is 14.7 Å². The molecule has 1 heterocycles. The fourth-order valence-corrected chi connectivity index (χ4v) is 2.79. The van der Waals surface area contributed by atoms with E-state index in [0.717, 1.165) is 30.0 Å². The molecule has 1 saturated carbocycles. The molecule has 0 aromatic carbocycles. The summed E-state index contributed by atoms with van der Waals surface area (Å²) in [6.07, 6.45) is 2.86. The summed E-state index contributed by atoms with van der Waals surface area (Å²) in [5, 5.41) is 12.0. The van der Waals surface area contributed by atoms with Crippen LogP contribution in [0.25, 0.3) is 0 Å². The molecule has 1 N–H and O–H groups in total. The van der Waals surface area contributed by atoms with E-state index in [-0.39, 0.29) is 18.4 Å². The van der Waals surface area contributed by atoms with E-state index >= 15 is 0 Å². The van der Waals surface area contributed by atoms with Crippen LogP contribution in [0.2, 0.25) is 0 Å². The van der Waals surface area contributed by atoms with Gasteiger partial charge in [0.15, 0.2) is 0 Å². The van der Waals surface area contributed by atoms with Gasteiger partial charge in [-0.2, -0.15) is 0 Å². The number of amides is 1. The normalized spacial score (nSPS) is 16.1. The van der Waals surface area contributed by atoms with Crippen molar-refractivity contribution in [2.24, 2.45) is 0 Å². The molecular formula is C13H18N2O3S. The smallest absolute Gasteiger partial charge is 0.326 e. The van der Waals surface area contributed by atoms with Crippen LogP contribution in [0.5, 0.6) is 0 Å². The number of aromatic nitrogens is 1. The van der Waals surface area contributed by atoms with Crippen LogP contribution in [0.15, 0.2) is 5.38 Å². The van der Waals surface area contributed by atoms with Crippen LogP contribution >= 0.6 is 11.3 Å². The zero-order valence-electron chi connectivity index (χ0n) is 11.1. The zero-order chi connectivity index (χ0) is 14.0. The quantitative estimate of drug-likeness (QED) is 0.862. The Kier molecular flexibility index (Phi) is 4.19. The maximum absolute atomic E-state index is 12.3. The van der Waals surface area contributed by atoms with Gasteiger partial charge in [-0.15, -0.1) is 11.3 Å². The van der Waals surface area contributed by atoms with Gasteiger partial charge in [-0.1, -0.05) is 6.92 Å². The Labute approximate surface area is 116 Å². The highest BCUT2D eigenvalue weighted by atomic mass is 32.1. The minimum Gasteiger partial charge on any atom is -0.480 e. The van der Waals surface area contributed by atoms with Gasteiger partial charge in [0.25, 0.3) is 0 Å². The maximum Gasteiger partial charge on any atom is 0.326 e. The van der Waals surface area contributed by atoms with Crippen molar-refractivity contribution in [2.75, 3.05) is 0 Å². The number of aliphatic carboxylic acids is 1. The summed E-state index contributed by atoms with van der Waals surface area (Å²) < 4.78 is 0. The van der Waals surface area contributed by atoms with Gasteiger partial charge in [0.1, 0.15) is 6.04 Å². The number of carboxylic acids is 1. The lowest BCUT2D eigenvalue weighted by Gasteiger charge is -2.26. The number of carbonyl (C=O) groups is 2. The van der Waals surface area contributed by atoms with Crippen molar-refractivity contribution in [1.82, 2.24) is 9.88 Å². The summed E-state index contributed by atoms with van der Waals surface area (Å²) in [5.41, 5.74) is 0.745. The third-order valence-electron chi connectivity index (χ3n) is 3.24. The Morgan fingerprint density at radius 1 is 1.58 bits per heavy atom. The first-order valence-electron chi connectivity index (χ1n) is 6.50. The molecule has 1 aromatic rings. The van der Waals surface area contributed by atoms with Crippen molar-refractivity contribution in [1.29, 1.82) is 0 Å². The molecule has 2 rings (SSSR count). The number of thiazole rings is 1. The molecule has 6 heteroatoms. The SMILES string of the molecule is CCc1nc(CC(=O)N(C2CC2)C(C)C(=O)O)cs1. The molecule has 1 aliphatic carbocycles. The third kappa shape index (κ3) is 3.32. The number of carboxylic acid groups (broad SMARTS) is 1. The van der Waals surface area contributed by atoms with Gasteiger partial charge in [-0.05, 0) is 26.2 Å². The van der Waals surface area contributed by atoms with Crippen molar-refractivity contribution in [3.63, 3.8) is 0 Å². The van der Waals surface area contributed by atoms with Crippen LogP contribution in [-0.4, -0.2) is 39.0 Å². The molecule has 5 nitrogen and oxygen atoms in total. The Bertz CT molecular complexity index is 482. The predicted molar refractivity (Wildman–Crippen MR) is 72.2 cm³/mol. The van der Waals surface area contributed by atoms with Crippen LogP contribution in [-0.2, 0) is 22.4 Å². The van der Waals surface area contributed by atoms with E-state index in [9.17, 15) is 9.59 Å². The number of hydrogen-bond acceptors (Lipinski definition) is 4. The monoisotopic (exact) mass is 282 g/mol. The number of aryl methyl sites for hydroxylation is 1. The number of rotatable bonds is 6. The number of nitrogens with zero attached hydrogens (tertiary/aromatic N) is 2. The first-order valence-corrected chi connectivity index (χ1v) is 7.38. The predicted octanol–water partition coefficient (Wildman–Crippen LogP) is 1.71. The Hall–Kier alpha value is -1.43. The Balaban J connectivity index is 2.05. The van der Waals surface area contributed by atoms with Crippen molar-refractivity contribution in [2.45, 2.75) is 51.6 Å². The third-order valence-corrected chi connectivity index (χ3v) is 4.28.